The minimum absolute atomic E-state index is 0.573. The molecule has 0 spiro atoms. The summed E-state index contributed by atoms with van der Waals surface area (Å²) in [5.74, 6) is 1.22. The van der Waals surface area contributed by atoms with E-state index in [0.29, 0.717) is 11.8 Å². The highest BCUT2D eigenvalue weighted by Gasteiger charge is 1.99. The maximum Gasteiger partial charge on any atom is -0.0225 e. The number of rotatable bonds is 3. The fourth-order valence-electron chi connectivity index (χ4n) is 0.626. The molecule has 0 unspecified atom stereocenters. The molecule has 0 aromatic carbocycles. The van der Waals surface area contributed by atoms with E-state index >= 15 is 0 Å². The molecule has 0 nitrogen and oxygen atoms in total. The van der Waals surface area contributed by atoms with Gasteiger partial charge in [0.1, 0.15) is 0 Å². The quantitative estimate of drug-likeness (QED) is 0.539. The lowest BCUT2D eigenvalue weighted by atomic mass is 9.98. The molecule has 0 aromatic heterocycles. The van der Waals surface area contributed by atoms with Crippen LogP contribution >= 0.6 is 0 Å². The van der Waals surface area contributed by atoms with Crippen LogP contribution in [0.4, 0.5) is 0 Å². The summed E-state index contributed by atoms with van der Waals surface area (Å²) in [6.07, 6.45) is 2.20. The van der Waals surface area contributed by atoms with Gasteiger partial charge in [0.2, 0.25) is 0 Å². The Morgan fingerprint density at radius 2 is 1.55 bits per heavy atom. The summed E-state index contributed by atoms with van der Waals surface area (Å²) in [7, 11) is 0. The van der Waals surface area contributed by atoms with Gasteiger partial charge in [-0.2, -0.15) is 0 Å². The van der Waals surface area contributed by atoms with Crippen LogP contribution in [0.1, 0.15) is 34.6 Å². The first-order chi connectivity index (χ1) is 4.95. The van der Waals surface area contributed by atoms with E-state index in [0.717, 1.165) is 0 Å². The Hall–Kier alpha value is -0.520. The van der Waals surface area contributed by atoms with Crippen molar-refractivity contribution in [1.82, 2.24) is 0 Å². The minimum Gasteiger partial charge on any atom is -0.0956 e. The van der Waals surface area contributed by atoms with Gasteiger partial charge in [-0.3, -0.25) is 0 Å². The second-order valence-corrected chi connectivity index (χ2v) is 3.77. The molecule has 0 bridgehead atoms. The first-order valence-corrected chi connectivity index (χ1v) is 4.32. The van der Waals surface area contributed by atoms with Crippen LogP contribution in [0.25, 0.3) is 0 Å². The van der Waals surface area contributed by atoms with Crippen LogP contribution in [0.3, 0.4) is 0 Å². The molecule has 64 valence electrons. The lowest BCUT2D eigenvalue weighted by Gasteiger charge is -2.08. The van der Waals surface area contributed by atoms with Crippen molar-refractivity contribution >= 4 is 0 Å². The third-order valence-corrected chi connectivity index (χ3v) is 2.07. The predicted octanol–water partition coefficient (Wildman–Crippen LogP) is 3.80. The van der Waals surface area contributed by atoms with E-state index < -0.39 is 0 Å². The van der Waals surface area contributed by atoms with Gasteiger partial charge in [0, 0.05) is 0 Å². The maximum absolute atomic E-state index is 4.00. The first-order valence-electron chi connectivity index (χ1n) is 4.32. The van der Waals surface area contributed by atoms with Gasteiger partial charge >= 0.3 is 0 Å². The van der Waals surface area contributed by atoms with Crippen LogP contribution < -0.4 is 0 Å². The summed E-state index contributed by atoms with van der Waals surface area (Å²) in [6, 6.07) is 0. The van der Waals surface area contributed by atoms with Crippen LogP contribution in [-0.2, 0) is 0 Å². The van der Waals surface area contributed by atoms with Gasteiger partial charge in [0.05, 0.1) is 0 Å². The maximum atomic E-state index is 4.00. The van der Waals surface area contributed by atoms with Crippen LogP contribution in [0.2, 0.25) is 0 Å². The highest BCUT2D eigenvalue weighted by molar-refractivity contribution is 5.21. The van der Waals surface area contributed by atoms with E-state index in [9.17, 15) is 0 Å². The summed E-state index contributed by atoms with van der Waals surface area (Å²) in [4.78, 5) is 0. The van der Waals surface area contributed by atoms with Crippen molar-refractivity contribution < 1.29 is 0 Å². The third-order valence-electron chi connectivity index (χ3n) is 2.07. The van der Waals surface area contributed by atoms with Crippen molar-refractivity contribution in [3.8, 4) is 0 Å². The Morgan fingerprint density at radius 1 is 1.09 bits per heavy atom. The van der Waals surface area contributed by atoms with Crippen LogP contribution in [0.5, 0.6) is 0 Å². The zero-order valence-corrected chi connectivity index (χ0v) is 8.44. The third kappa shape index (κ3) is 4.02. The highest BCUT2D eigenvalue weighted by Crippen LogP contribution is 2.15. The molecular formula is C11H20. The molecule has 0 radical (unpaired) electrons. The Kier molecular flexibility index (Phi) is 4.17. The van der Waals surface area contributed by atoms with Gasteiger partial charge < -0.3 is 0 Å². The highest BCUT2D eigenvalue weighted by atomic mass is 14.1. The molecule has 0 aromatic rings. The van der Waals surface area contributed by atoms with Crippen LogP contribution in [-0.4, -0.2) is 0 Å². The topological polar surface area (TPSA) is 0 Å². The molecule has 0 aliphatic rings. The SMILES string of the molecule is C=C(C=C(C)C(C)C)C(C)C. The number of allylic oxidation sites excluding steroid dienone is 3. The molecule has 0 fully saturated rings. The second kappa shape index (κ2) is 4.38. The summed E-state index contributed by atoms with van der Waals surface area (Å²) < 4.78 is 0. The lowest BCUT2D eigenvalue weighted by Crippen LogP contribution is -1.93. The number of hydrogen-bond donors (Lipinski definition) is 0. The zero-order chi connectivity index (χ0) is 9.02. The molecule has 0 amide bonds. The van der Waals surface area contributed by atoms with E-state index in [2.05, 4.69) is 47.3 Å². The minimum atomic E-state index is 0.573. The van der Waals surface area contributed by atoms with Crippen molar-refractivity contribution in [2.75, 3.05) is 0 Å². The van der Waals surface area contributed by atoms with Crippen molar-refractivity contribution in [2.45, 2.75) is 34.6 Å². The van der Waals surface area contributed by atoms with E-state index in [1.54, 1.807) is 0 Å². The molecule has 0 N–H and O–H groups in total. The molecule has 0 aliphatic heterocycles. The van der Waals surface area contributed by atoms with E-state index in [1.165, 1.54) is 11.1 Å². The van der Waals surface area contributed by atoms with E-state index in [4.69, 9.17) is 0 Å². The number of hydrogen-bond acceptors (Lipinski definition) is 0. The van der Waals surface area contributed by atoms with Crippen molar-refractivity contribution in [1.29, 1.82) is 0 Å². The Morgan fingerprint density at radius 3 is 1.82 bits per heavy atom. The molecule has 0 aliphatic carbocycles. The van der Waals surface area contributed by atoms with Crippen LogP contribution in [0, 0.1) is 11.8 Å². The van der Waals surface area contributed by atoms with Crippen molar-refractivity contribution in [3.63, 3.8) is 0 Å². The summed E-state index contributed by atoms with van der Waals surface area (Å²) in [5, 5.41) is 0. The van der Waals surface area contributed by atoms with E-state index in [-0.39, 0.29) is 0 Å². The molecule has 0 heterocycles. The largest absolute Gasteiger partial charge is 0.0956 e. The van der Waals surface area contributed by atoms with Gasteiger partial charge in [-0.1, -0.05) is 51.5 Å². The molecule has 11 heavy (non-hydrogen) atoms. The monoisotopic (exact) mass is 152 g/mol. The Balaban J connectivity index is 4.20. The molecule has 0 saturated heterocycles. The van der Waals surface area contributed by atoms with E-state index in [1.807, 2.05) is 0 Å². The molecular weight excluding hydrogens is 132 g/mol. The summed E-state index contributed by atoms with van der Waals surface area (Å²) >= 11 is 0. The van der Waals surface area contributed by atoms with Gasteiger partial charge in [0.25, 0.3) is 0 Å². The normalized spacial score (nSPS) is 12.8. The fourth-order valence-corrected chi connectivity index (χ4v) is 0.626. The zero-order valence-electron chi connectivity index (χ0n) is 8.44. The van der Waals surface area contributed by atoms with Gasteiger partial charge in [-0.15, -0.1) is 0 Å². The predicted molar refractivity (Wildman–Crippen MR) is 52.6 cm³/mol. The van der Waals surface area contributed by atoms with Gasteiger partial charge in [-0.05, 0) is 18.8 Å². The standard InChI is InChI=1S/C11H20/c1-8(2)10(5)7-11(6)9(3)4/h7-9H,5H2,1-4,6H3. The summed E-state index contributed by atoms with van der Waals surface area (Å²) in [6.45, 7) is 14.9. The van der Waals surface area contributed by atoms with Crippen molar-refractivity contribution in [3.05, 3.63) is 23.8 Å². The Bertz CT molecular complexity index is 159. The second-order valence-electron chi connectivity index (χ2n) is 3.77. The molecule has 0 saturated carbocycles. The molecule has 0 heteroatoms. The molecule has 0 rings (SSSR count). The average Bonchev–Trinajstić information content (AvgIpc) is 1.87. The fraction of sp³-hybridized carbons (Fsp3) is 0.636. The smallest absolute Gasteiger partial charge is 0.0225 e. The van der Waals surface area contributed by atoms with Gasteiger partial charge in [-0.25, -0.2) is 0 Å². The van der Waals surface area contributed by atoms with Crippen molar-refractivity contribution in [2.24, 2.45) is 11.8 Å². The van der Waals surface area contributed by atoms with Crippen LogP contribution in [0.15, 0.2) is 23.8 Å². The molecule has 0 atom stereocenters. The lowest BCUT2D eigenvalue weighted by molar-refractivity contribution is 0.750. The summed E-state index contributed by atoms with van der Waals surface area (Å²) in [5.41, 5.74) is 2.65. The first kappa shape index (κ1) is 10.5. The average molecular weight is 152 g/mol. The Labute approximate surface area is 71.0 Å². The van der Waals surface area contributed by atoms with Gasteiger partial charge in [0.15, 0.2) is 0 Å².